The molecule has 0 spiro atoms. The van der Waals surface area contributed by atoms with Crippen molar-refractivity contribution in [2.45, 2.75) is 58.3 Å². The van der Waals surface area contributed by atoms with E-state index in [0.717, 1.165) is 30.6 Å². The third kappa shape index (κ3) is 4.87. The molecule has 6 heteroatoms. The fourth-order valence-corrected chi connectivity index (χ4v) is 5.66. The van der Waals surface area contributed by atoms with Gasteiger partial charge in [-0.25, -0.2) is 0 Å². The highest BCUT2D eigenvalue weighted by atomic mass is 32.2. The molecule has 0 N–H and O–H groups in total. The van der Waals surface area contributed by atoms with Crippen LogP contribution in [0.2, 0.25) is 0 Å². The summed E-state index contributed by atoms with van der Waals surface area (Å²) in [5, 5.41) is 4.65. The van der Waals surface area contributed by atoms with Gasteiger partial charge in [-0.1, -0.05) is 6.07 Å². The Labute approximate surface area is 185 Å². The van der Waals surface area contributed by atoms with Crippen molar-refractivity contribution >= 4 is 11.8 Å². The Balaban J connectivity index is 1.53. The van der Waals surface area contributed by atoms with Crippen LogP contribution in [0, 0.1) is 13.8 Å². The number of piperazine rings is 1. The number of hydrogen-bond donors (Lipinski definition) is 0. The first kappa shape index (κ1) is 21.7. The van der Waals surface area contributed by atoms with Crippen molar-refractivity contribution in [3.63, 3.8) is 0 Å². The summed E-state index contributed by atoms with van der Waals surface area (Å²) in [6, 6.07) is 10.3. The normalized spacial score (nSPS) is 22.4. The van der Waals surface area contributed by atoms with Gasteiger partial charge in [0.25, 0.3) is 0 Å². The molecular formula is C24H36N4OS. The molecule has 1 aromatic heterocycles. The molecule has 30 heavy (non-hydrogen) atoms. The maximum atomic E-state index is 5.68. The Bertz CT molecular complexity index is 852. The zero-order valence-electron chi connectivity index (χ0n) is 18.9. The molecule has 2 aromatic rings. The first-order valence-corrected chi connectivity index (χ1v) is 12.6. The van der Waals surface area contributed by atoms with Crippen LogP contribution in [0.4, 0.5) is 0 Å². The lowest BCUT2D eigenvalue weighted by Gasteiger charge is -2.44. The van der Waals surface area contributed by atoms with E-state index in [1.807, 2.05) is 11.8 Å². The lowest BCUT2D eigenvalue weighted by molar-refractivity contribution is 0.0442. The minimum atomic E-state index is 0.661. The Kier molecular flexibility index (Phi) is 7.06. The molecule has 0 amide bonds. The number of ether oxygens (including phenoxy) is 1. The van der Waals surface area contributed by atoms with Crippen molar-refractivity contribution in [1.29, 1.82) is 0 Å². The number of benzene rings is 1. The number of fused-ring (bicyclic) bond motifs is 1. The van der Waals surface area contributed by atoms with Crippen molar-refractivity contribution in [3.05, 3.63) is 46.8 Å². The Morgan fingerprint density at radius 3 is 2.77 bits per heavy atom. The largest absolute Gasteiger partial charge is 0.496 e. The summed E-state index contributed by atoms with van der Waals surface area (Å²) in [4.78, 5) is 5.49. The lowest BCUT2D eigenvalue weighted by Crippen LogP contribution is -2.55. The number of hydrogen-bond acceptors (Lipinski definition) is 5. The number of aryl methyl sites for hydroxylation is 2. The third-order valence-electron chi connectivity index (χ3n) is 6.72. The number of thioether (sulfide) groups is 1. The minimum absolute atomic E-state index is 0.661. The summed E-state index contributed by atoms with van der Waals surface area (Å²) in [7, 11) is 1.76. The number of methoxy groups -OCH3 is 1. The topological polar surface area (TPSA) is 33.5 Å². The molecule has 0 unspecified atom stereocenters. The molecule has 0 aliphatic carbocycles. The summed E-state index contributed by atoms with van der Waals surface area (Å²) in [5.74, 6) is 2.19. The molecule has 2 fully saturated rings. The van der Waals surface area contributed by atoms with E-state index in [4.69, 9.17) is 4.74 Å². The molecule has 5 nitrogen and oxygen atoms in total. The molecule has 4 rings (SSSR count). The first-order valence-electron chi connectivity index (χ1n) is 11.2. The zero-order valence-corrected chi connectivity index (χ0v) is 19.7. The molecular weight excluding hydrogens is 392 g/mol. The summed E-state index contributed by atoms with van der Waals surface area (Å²) in [6.45, 7) is 9.68. The first-order chi connectivity index (χ1) is 14.6. The van der Waals surface area contributed by atoms with Gasteiger partial charge in [-0.3, -0.25) is 14.5 Å². The molecule has 164 valence electrons. The Morgan fingerprint density at radius 2 is 2.03 bits per heavy atom. The van der Waals surface area contributed by atoms with Gasteiger partial charge in [0.15, 0.2) is 0 Å². The number of nitrogens with zero attached hydrogens (tertiary/aromatic N) is 4. The lowest BCUT2D eigenvalue weighted by atomic mass is 10.0. The molecule has 0 saturated carbocycles. The summed E-state index contributed by atoms with van der Waals surface area (Å²) in [6.07, 6.45) is 6.22. The summed E-state index contributed by atoms with van der Waals surface area (Å²) >= 11 is 1.97. The highest BCUT2D eigenvalue weighted by Crippen LogP contribution is 2.29. The van der Waals surface area contributed by atoms with Gasteiger partial charge in [0.05, 0.1) is 19.3 Å². The summed E-state index contributed by atoms with van der Waals surface area (Å²) < 4.78 is 7.75. The van der Waals surface area contributed by atoms with E-state index in [1.165, 1.54) is 61.5 Å². The second-order valence-corrected chi connectivity index (χ2v) is 9.87. The Morgan fingerprint density at radius 1 is 1.17 bits per heavy atom. The van der Waals surface area contributed by atoms with Gasteiger partial charge in [0, 0.05) is 43.0 Å². The van der Waals surface area contributed by atoms with E-state index < -0.39 is 0 Å². The summed E-state index contributed by atoms with van der Waals surface area (Å²) in [5.41, 5.74) is 4.84. The number of rotatable bonds is 8. The van der Waals surface area contributed by atoms with Crippen LogP contribution in [0.3, 0.4) is 0 Å². The third-order valence-corrected chi connectivity index (χ3v) is 7.36. The average Bonchev–Trinajstić information content (AvgIpc) is 3.31. The van der Waals surface area contributed by atoms with Crippen LogP contribution in [-0.2, 0) is 13.1 Å². The van der Waals surface area contributed by atoms with Gasteiger partial charge in [-0.2, -0.15) is 16.9 Å². The van der Waals surface area contributed by atoms with Crippen LogP contribution < -0.4 is 4.74 Å². The van der Waals surface area contributed by atoms with Gasteiger partial charge >= 0.3 is 0 Å². The van der Waals surface area contributed by atoms with Crippen molar-refractivity contribution in [1.82, 2.24) is 19.6 Å². The van der Waals surface area contributed by atoms with Gasteiger partial charge < -0.3 is 4.74 Å². The van der Waals surface area contributed by atoms with Crippen molar-refractivity contribution in [2.75, 3.05) is 38.8 Å². The van der Waals surface area contributed by atoms with Gasteiger partial charge in [-0.05, 0) is 75.4 Å². The van der Waals surface area contributed by atoms with Gasteiger partial charge in [0.2, 0.25) is 0 Å². The van der Waals surface area contributed by atoms with Crippen LogP contribution in [0.25, 0.3) is 0 Å². The van der Waals surface area contributed by atoms with Crippen molar-refractivity contribution < 1.29 is 4.74 Å². The average molecular weight is 429 g/mol. The quantitative estimate of drug-likeness (QED) is 0.636. The smallest absolute Gasteiger partial charge is 0.123 e. The van der Waals surface area contributed by atoms with E-state index in [9.17, 15) is 0 Å². The maximum Gasteiger partial charge on any atom is 0.123 e. The van der Waals surface area contributed by atoms with E-state index >= 15 is 0 Å². The highest BCUT2D eigenvalue weighted by Gasteiger charge is 2.35. The van der Waals surface area contributed by atoms with Crippen molar-refractivity contribution in [3.8, 4) is 5.75 Å². The van der Waals surface area contributed by atoms with Crippen LogP contribution in [0.15, 0.2) is 24.3 Å². The fraction of sp³-hybridized carbons (Fsp3) is 0.625. The molecule has 3 heterocycles. The second-order valence-electron chi connectivity index (χ2n) is 8.89. The van der Waals surface area contributed by atoms with E-state index in [2.05, 4.69) is 63.9 Å². The maximum absolute atomic E-state index is 5.68. The van der Waals surface area contributed by atoms with Gasteiger partial charge in [-0.15, -0.1) is 0 Å². The molecule has 1 aromatic carbocycles. The minimum Gasteiger partial charge on any atom is -0.496 e. The number of aromatic nitrogens is 2. The van der Waals surface area contributed by atoms with Crippen LogP contribution in [0.1, 0.15) is 41.8 Å². The van der Waals surface area contributed by atoms with E-state index in [0.29, 0.717) is 6.04 Å². The highest BCUT2D eigenvalue weighted by molar-refractivity contribution is 7.98. The Hall–Kier alpha value is -1.50. The predicted molar refractivity (Wildman–Crippen MR) is 126 cm³/mol. The van der Waals surface area contributed by atoms with E-state index in [-0.39, 0.29) is 0 Å². The van der Waals surface area contributed by atoms with Crippen LogP contribution >= 0.6 is 11.8 Å². The molecule has 0 bridgehead atoms. The van der Waals surface area contributed by atoms with Crippen molar-refractivity contribution in [2.24, 2.45) is 0 Å². The monoisotopic (exact) mass is 428 g/mol. The van der Waals surface area contributed by atoms with Crippen LogP contribution in [-0.4, -0.2) is 70.4 Å². The van der Waals surface area contributed by atoms with E-state index in [1.54, 1.807) is 7.11 Å². The molecule has 2 saturated heterocycles. The molecule has 2 atom stereocenters. The molecule has 0 radical (unpaired) electrons. The SMILES string of the molecule is COc1ccc(CN2C[C@@H]3CCCN3C[C@@H]2CCSC)cc1Cn1nc(C)cc1C. The molecule has 2 aliphatic rings. The van der Waals surface area contributed by atoms with Gasteiger partial charge in [0.1, 0.15) is 5.75 Å². The zero-order chi connectivity index (χ0) is 21.1. The van der Waals surface area contributed by atoms with Crippen LogP contribution in [0.5, 0.6) is 5.75 Å². The standard InChI is InChI=1S/C24H36N4OS/c1-18-12-19(2)28(25-18)15-21-13-20(7-8-24(21)29-3)14-27-17-22-6-5-10-26(22)16-23(27)9-11-30-4/h7-8,12-13,22-23H,5-6,9-11,14-17H2,1-4H3/t22-,23-/m0/s1. The predicted octanol–water partition coefficient (Wildman–Crippen LogP) is 3.96. The molecule has 2 aliphatic heterocycles. The fourth-order valence-electron chi connectivity index (χ4n) is 5.15. The second kappa shape index (κ2) is 9.75.